The molecule has 0 fully saturated rings. The number of ether oxygens (including phenoxy) is 1. The summed E-state index contributed by atoms with van der Waals surface area (Å²) in [5, 5.41) is 0.495. The Kier molecular flexibility index (Phi) is 4.50. The predicted octanol–water partition coefficient (Wildman–Crippen LogP) is 4.76. The second-order valence-electron chi connectivity index (χ2n) is 3.69. The number of primary amides is 1. The summed E-state index contributed by atoms with van der Waals surface area (Å²) in [6.45, 7) is 0. The fourth-order valence-electron chi connectivity index (χ4n) is 1.41. The van der Waals surface area contributed by atoms with Crippen molar-refractivity contribution in [1.29, 1.82) is 0 Å². The maximum atomic E-state index is 11.1. The molecule has 0 unspecified atom stereocenters. The summed E-state index contributed by atoms with van der Waals surface area (Å²) in [6, 6.07) is 10.2. The quantitative estimate of drug-likeness (QED) is 0.801. The highest BCUT2D eigenvalue weighted by atomic mass is 79.9. The minimum atomic E-state index is -0.493. The van der Waals surface area contributed by atoms with Crippen LogP contribution in [0, 0.1) is 0 Å². The fourth-order valence-corrected chi connectivity index (χ4v) is 2.37. The minimum absolute atomic E-state index is 0.402. The van der Waals surface area contributed by atoms with Gasteiger partial charge in [-0.1, -0.05) is 27.5 Å². The van der Waals surface area contributed by atoms with Gasteiger partial charge in [-0.2, -0.15) is 0 Å². The zero-order valence-electron chi connectivity index (χ0n) is 9.49. The van der Waals surface area contributed by atoms with Crippen molar-refractivity contribution < 1.29 is 9.53 Å². The minimum Gasteiger partial charge on any atom is -0.455 e. The van der Waals surface area contributed by atoms with Crippen molar-refractivity contribution in [3.05, 3.63) is 55.9 Å². The summed E-state index contributed by atoms with van der Waals surface area (Å²) in [4.78, 5) is 11.1. The third-order valence-corrected chi connectivity index (χ3v) is 3.75. The van der Waals surface area contributed by atoms with Crippen molar-refractivity contribution in [2.24, 2.45) is 5.73 Å². The molecular weight excluding hydrogens is 397 g/mol. The van der Waals surface area contributed by atoms with Gasteiger partial charge in [0, 0.05) is 10.0 Å². The molecule has 0 aliphatic rings. The standard InChI is InChI=1S/C13H8Br2ClNO2/c14-8-2-3-10(16)12(6-8)19-11-4-1-7(13(17)18)5-9(11)15/h1-6H,(H2,17,18). The van der Waals surface area contributed by atoms with E-state index in [-0.39, 0.29) is 0 Å². The molecule has 0 saturated heterocycles. The number of carbonyl (C=O) groups is 1. The van der Waals surface area contributed by atoms with E-state index >= 15 is 0 Å². The molecule has 0 saturated carbocycles. The van der Waals surface area contributed by atoms with Crippen LogP contribution in [0.2, 0.25) is 5.02 Å². The first-order valence-corrected chi connectivity index (χ1v) is 7.16. The molecule has 6 heteroatoms. The molecule has 2 N–H and O–H groups in total. The number of carbonyl (C=O) groups excluding carboxylic acids is 1. The lowest BCUT2D eigenvalue weighted by Gasteiger charge is -2.10. The molecule has 2 aromatic rings. The highest BCUT2D eigenvalue weighted by Gasteiger charge is 2.09. The number of benzene rings is 2. The van der Waals surface area contributed by atoms with Crippen molar-refractivity contribution in [3.8, 4) is 11.5 Å². The Morgan fingerprint density at radius 1 is 1.11 bits per heavy atom. The lowest BCUT2D eigenvalue weighted by Crippen LogP contribution is -2.10. The van der Waals surface area contributed by atoms with Gasteiger partial charge in [0.25, 0.3) is 0 Å². The van der Waals surface area contributed by atoms with E-state index in [4.69, 9.17) is 22.1 Å². The Bertz CT molecular complexity index is 647. The molecule has 2 rings (SSSR count). The third kappa shape index (κ3) is 3.49. The molecule has 1 amide bonds. The SMILES string of the molecule is NC(=O)c1ccc(Oc2cc(Br)ccc2Cl)c(Br)c1. The average molecular weight is 405 g/mol. The maximum Gasteiger partial charge on any atom is 0.248 e. The molecule has 98 valence electrons. The topological polar surface area (TPSA) is 52.3 Å². The van der Waals surface area contributed by atoms with Crippen LogP contribution >= 0.6 is 43.5 Å². The van der Waals surface area contributed by atoms with Crippen molar-refractivity contribution in [2.75, 3.05) is 0 Å². The summed E-state index contributed by atoms with van der Waals surface area (Å²) in [5.41, 5.74) is 5.60. The number of hydrogen-bond donors (Lipinski definition) is 1. The molecule has 0 radical (unpaired) electrons. The van der Waals surface area contributed by atoms with Gasteiger partial charge < -0.3 is 10.5 Å². The first-order valence-electron chi connectivity index (χ1n) is 5.19. The molecule has 0 atom stereocenters. The van der Waals surface area contributed by atoms with E-state index in [9.17, 15) is 4.79 Å². The molecule has 0 aliphatic heterocycles. The number of nitrogens with two attached hydrogens (primary N) is 1. The van der Waals surface area contributed by atoms with Crippen LogP contribution < -0.4 is 10.5 Å². The smallest absolute Gasteiger partial charge is 0.248 e. The van der Waals surface area contributed by atoms with Crippen LogP contribution in [0.3, 0.4) is 0 Å². The summed E-state index contributed by atoms with van der Waals surface area (Å²) >= 11 is 12.7. The Morgan fingerprint density at radius 2 is 1.84 bits per heavy atom. The molecule has 2 aromatic carbocycles. The van der Waals surface area contributed by atoms with Crippen LogP contribution in [-0.4, -0.2) is 5.91 Å². The third-order valence-electron chi connectivity index (χ3n) is 2.33. The van der Waals surface area contributed by atoms with Crippen LogP contribution in [0.15, 0.2) is 45.3 Å². The van der Waals surface area contributed by atoms with Crippen LogP contribution in [0.5, 0.6) is 11.5 Å². The number of hydrogen-bond acceptors (Lipinski definition) is 2. The second-order valence-corrected chi connectivity index (χ2v) is 5.86. The molecule has 0 heterocycles. The molecular formula is C13H8Br2ClNO2. The Hall–Kier alpha value is -1.04. The van der Waals surface area contributed by atoms with Gasteiger partial charge >= 0.3 is 0 Å². The zero-order valence-corrected chi connectivity index (χ0v) is 13.4. The van der Waals surface area contributed by atoms with Gasteiger partial charge in [0.1, 0.15) is 11.5 Å². The van der Waals surface area contributed by atoms with Crippen LogP contribution in [0.25, 0.3) is 0 Å². The van der Waals surface area contributed by atoms with E-state index in [1.54, 1.807) is 30.3 Å². The first-order chi connectivity index (χ1) is 8.97. The highest BCUT2D eigenvalue weighted by molar-refractivity contribution is 9.10. The van der Waals surface area contributed by atoms with E-state index in [0.717, 1.165) is 4.47 Å². The molecule has 0 aromatic heterocycles. The normalized spacial score (nSPS) is 10.3. The summed E-state index contributed by atoms with van der Waals surface area (Å²) in [6.07, 6.45) is 0. The van der Waals surface area contributed by atoms with E-state index < -0.39 is 5.91 Å². The predicted molar refractivity (Wildman–Crippen MR) is 81.9 cm³/mol. The highest BCUT2D eigenvalue weighted by Crippen LogP contribution is 2.35. The van der Waals surface area contributed by atoms with Crippen molar-refractivity contribution >= 4 is 49.4 Å². The second kappa shape index (κ2) is 5.94. The summed E-state index contributed by atoms with van der Waals surface area (Å²) in [5.74, 6) is 0.571. The number of halogens is 3. The van der Waals surface area contributed by atoms with Gasteiger partial charge in [0.2, 0.25) is 5.91 Å². The average Bonchev–Trinajstić information content (AvgIpc) is 2.36. The van der Waals surface area contributed by atoms with Crippen LogP contribution in [0.1, 0.15) is 10.4 Å². The van der Waals surface area contributed by atoms with Crippen molar-refractivity contribution in [1.82, 2.24) is 0 Å². The lowest BCUT2D eigenvalue weighted by atomic mass is 10.2. The van der Waals surface area contributed by atoms with Gasteiger partial charge in [-0.05, 0) is 52.3 Å². The summed E-state index contributed by atoms with van der Waals surface area (Å²) in [7, 11) is 0. The van der Waals surface area contributed by atoms with Gasteiger partial charge in [0.15, 0.2) is 0 Å². The van der Waals surface area contributed by atoms with Gasteiger partial charge in [-0.3, -0.25) is 4.79 Å². The zero-order chi connectivity index (χ0) is 14.0. The molecule has 0 bridgehead atoms. The first kappa shape index (κ1) is 14.4. The van der Waals surface area contributed by atoms with E-state index in [1.807, 2.05) is 6.07 Å². The maximum absolute atomic E-state index is 11.1. The Morgan fingerprint density at radius 3 is 2.47 bits per heavy atom. The largest absolute Gasteiger partial charge is 0.455 e. The summed E-state index contributed by atoms with van der Waals surface area (Å²) < 4.78 is 7.18. The number of amides is 1. The van der Waals surface area contributed by atoms with Crippen molar-refractivity contribution in [3.63, 3.8) is 0 Å². The van der Waals surface area contributed by atoms with Crippen molar-refractivity contribution in [2.45, 2.75) is 0 Å². The van der Waals surface area contributed by atoms with E-state index in [0.29, 0.717) is 26.6 Å². The van der Waals surface area contributed by atoms with Gasteiger partial charge in [0.05, 0.1) is 9.50 Å². The Labute approximate surface area is 132 Å². The fraction of sp³-hybridized carbons (Fsp3) is 0. The monoisotopic (exact) mass is 403 g/mol. The van der Waals surface area contributed by atoms with Gasteiger partial charge in [-0.25, -0.2) is 0 Å². The molecule has 0 aliphatic carbocycles. The molecule has 19 heavy (non-hydrogen) atoms. The van der Waals surface area contributed by atoms with Gasteiger partial charge in [-0.15, -0.1) is 0 Å². The van der Waals surface area contributed by atoms with Crippen LogP contribution in [0.4, 0.5) is 0 Å². The molecule has 3 nitrogen and oxygen atoms in total. The lowest BCUT2D eigenvalue weighted by molar-refractivity contribution is 0.1000. The Balaban J connectivity index is 2.33. The molecule has 0 spiro atoms. The number of rotatable bonds is 3. The van der Waals surface area contributed by atoms with E-state index in [1.165, 1.54) is 0 Å². The van der Waals surface area contributed by atoms with Crippen LogP contribution in [-0.2, 0) is 0 Å². The van der Waals surface area contributed by atoms with E-state index in [2.05, 4.69) is 31.9 Å².